The Morgan fingerprint density at radius 1 is 1.45 bits per heavy atom. The Bertz CT molecular complexity index is 709. The van der Waals surface area contributed by atoms with E-state index in [1.165, 1.54) is 4.52 Å². The summed E-state index contributed by atoms with van der Waals surface area (Å²) >= 11 is 0. The van der Waals surface area contributed by atoms with Crippen molar-refractivity contribution >= 4 is 17.7 Å². The molecule has 8 nitrogen and oxygen atoms in total. The van der Waals surface area contributed by atoms with Crippen molar-refractivity contribution in [2.24, 2.45) is 0 Å². The standard InChI is InChI=1S/C12H12N4O4/c1-6-5-7(2)16-12(13-6)14-9(15-16)11(18)20-8-3-4-19-10(8)17/h5,8H,3-4H2,1-2H3/t8-/m0/s1. The first-order valence-electron chi connectivity index (χ1n) is 6.13. The van der Waals surface area contributed by atoms with Gasteiger partial charge in [-0.05, 0) is 19.9 Å². The van der Waals surface area contributed by atoms with Crippen LogP contribution in [0.15, 0.2) is 6.07 Å². The Kier molecular flexibility index (Phi) is 2.85. The van der Waals surface area contributed by atoms with Crippen molar-refractivity contribution in [3.63, 3.8) is 0 Å². The van der Waals surface area contributed by atoms with Crippen LogP contribution < -0.4 is 0 Å². The van der Waals surface area contributed by atoms with E-state index < -0.39 is 18.0 Å². The average Bonchev–Trinajstić information content (AvgIpc) is 2.96. The number of aromatic nitrogens is 4. The van der Waals surface area contributed by atoms with Crippen LogP contribution in [0.1, 0.15) is 28.4 Å². The number of rotatable bonds is 2. The lowest BCUT2D eigenvalue weighted by Crippen LogP contribution is -2.23. The normalized spacial score (nSPS) is 18.3. The molecule has 0 unspecified atom stereocenters. The Morgan fingerprint density at radius 2 is 2.25 bits per heavy atom. The molecule has 0 aromatic carbocycles. The van der Waals surface area contributed by atoms with Crippen molar-refractivity contribution in [3.8, 4) is 0 Å². The van der Waals surface area contributed by atoms with Gasteiger partial charge in [0.1, 0.15) is 0 Å². The molecule has 1 aliphatic heterocycles. The molecule has 0 N–H and O–H groups in total. The summed E-state index contributed by atoms with van der Waals surface area (Å²) in [6.07, 6.45) is -0.515. The van der Waals surface area contributed by atoms with Crippen molar-refractivity contribution in [1.29, 1.82) is 0 Å². The zero-order chi connectivity index (χ0) is 14.3. The van der Waals surface area contributed by atoms with Gasteiger partial charge in [-0.25, -0.2) is 19.1 Å². The number of fused-ring (bicyclic) bond motifs is 1. The molecule has 0 saturated carbocycles. The fourth-order valence-electron chi connectivity index (χ4n) is 2.02. The number of esters is 2. The van der Waals surface area contributed by atoms with Crippen molar-refractivity contribution < 1.29 is 19.1 Å². The lowest BCUT2D eigenvalue weighted by atomic mass is 10.3. The van der Waals surface area contributed by atoms with Crippen molar-refractivity contribution in [2.75, 3.05) is 6.61 Å². The molecule has 2 aromatic heterocycles. The van der Waals surface area contributed by atoms with E-state index in [4.69, 9.17) is 9.47 Å². The lowest BCUT2D eigenvalue weighted by molar-refractivity contribution is -0.145. The van der Waals surface area contributed by atoms with Crippen LogP contribution in [-0.4, -0.2) is 44.2 Å². The molecule has 0 aliphatic carbocycles. The van der Waals surface area contributed by atoms with E-state index in [1.807, 2.05) is 19.9 Å². The molecule has 3 rings (SSSR count). The van der Waals surface area contributed by atoms with Gasteiger partial charge in [-0.1, -0.05) is 0 Å². The molecular weight excluding hydrogens is 264 g/mol. The van der Waals surface area contributed by atoms with Gasteiger partial charge in [0.05, 0.1) is 6.61 Å². The van der Waals surface area contributed by atoms with Gasteiger partial charge in [-0.15, -0.1) is 5.10 Å². The van der Waals surface area contributed by atoms with Crippen LogP contribution >= 0.6 is 0 Å². The highest BCUT2D eigenvalue weighted by Gasteiger charge is 2.31. The highest BCUT2D eigenvalue weighted by atomic mass is 16.6. The third-order valence-electron chi connectivity index (χ3n) is 2.94. The minimum absolute atomic E-state index is 0.120. The number of carbonyl (C=O) groups is 2. The maximum atomic E-state index is 11.9. The molecule has 104 valence electrons. The maximum Gasteiger partial charge on any atom is 0.379 e. The van der Waals surface area contributed by atoms with Crippen LogP contribution in [0.3, 0.4) is 0 Å². The molecule has 2 aromatic rings. The second-order valence-corrected chi connectivity index (χ2v) is 4.54. The molecule has 0 amide bonds. The predicted octanol–water partition coefficient (Wildman–Crippen LogP) is 0.213. The van der Waals surface area contributed by atoms with Crippen molar-refractivity contribution in [3.05, 3.63) is 23.3 Å². The summed E-state index contributed by atoms with van der Waals surface area (Å²) in [7, 11) is 0. The zero-order valence-electron chi connectivity index (χ0n) is 11.0. The third kappa shape index (κ3) is 2.09. The van der Waals surface area contributed by atoms with Crippen LogP contribution in [0.25, 0.3) is 5.78 Å². The maximum absolute atomic E-state index is 11.9. The summed E-state index contributed by atoms with van der Waals surface area (Å²) in [5.41, 5.74) is 1.58. The molecule has 20 heavy (non-hydrogen) atoms. The highest BCUT2D eigenvalue weighted by Crippen LogP contribution is 2.13. The molecule has 3 heterocycles. The smallest absolute Gasteiger partial charge is 0.379 e. The summed E-state index contributed by atoms with van der Waals surface area (Å²) in [5.74, 6) is -1.09. The summed E-state index contributed by atoms with van der Waals surface area (Å²) in [4.78, 5) is 31.4. The molecule has 1 saturated heterocycles. The molecule has 8 heteroatoms. The number of ether oxygens (including phenoxy) is 2. The number of hydrogen-bond acceptors (Lipinski definition) is 7. The Morgan fingerprint density at radius 3 is 2.95 bits per heavy atom. The second-order valence-electron chi connectivity index (χ2n) is 4.54. The predicted molar refractivity (Wildman–Crippen MR) is 65.0 cm³/mol. The van der Waals surface area contributed by atoms with Crippen molar-refractivity contribution in [2.45, 2.75) is 26.4 Å². The van der Waals surface area contributed by atoms with Gasteiger partial charge in [0.2, 0.25) is 6.10 Å². The van der Waals surface area contributed by atoms with Gasteiger partial charge in [0.25, 0.3) is 11.6 Å². The van der Waals surface area contributed by atoms with E-state index >= 15 is 0 Å². The molecule has 0 radical (unpaired) electrons. The topological polar surface area (TPSA) is 95.7 Å². The average molecular weight is 276 g/mol. The number of aryl methyl sites for hydroxylation is 2. The van der Waals surface area contributed by atoms with E-state index in [0.717, 1.165) is 11.4 Å². The lowest BCUT2D eigenvalue weighted by Gasteiger charge is -2.04. The number of carbonyl (C=O) groups excluding carboxylic acids is 2. The van der Waals surface area contributed by atoms with Crippen molar-refractivity contribution in [1.82, 2.24) is 19.6 Å². The Balaban J connectivity index is 1.88. The number of hydrogen-bond donors (Lipinski definition) is 0. The quantitative estimate of drug-likeness (QED) is 0.723. The SMILES string of the molecule is Cc1cc(C)n2nc(C(=O)O[C@H]3CCOC3=O)nc2n1. The molecule has 1 fully saturated rings. The van der Waals surface area contributed by atoms with Gasteiger partial charge < -0.3 is 9.47 Å². The minimum Gasteiger partial charge on any atom is -0.463 e. The van der Waals surface area contributed by atoms with E-state index in [0.29, 0.717) is 12.2 Å². The Labute approximate surface area is 113 Å². The van der Waals surface area contributed by atoms with Crippen LogP contribution in [0.2, 0.25) is 0 Å². The molecule has 1 aliphatic rings. The van der Waals surface area contributed by atoms with Crippen LogP contribution in [0, 0.1) is 13.8 Å². The van der Waals surface area contributed by atoms with Gasteiger partial charge in [-0.2, -0.15) is 4.98 Å². The van der Waals surface area contributed by atoms with E-state index in [-0.39, 0.29) is 12.4 Å². The minimum atomic E-state index is -0.870. The van der Waals surface area contributed by atoms with E-state index in [9.17, 15) is 9.59 Å². The fourth-order valence-corrected chi connectivity index (χ4v) is 2.02. The van der Waals surface area contributed by atoms with Gasteiger partial charge in [0.15, 0.2) is 0 Å². The zero-order valence-corrected chi connectivity index (χ0v) is 11.0. The molecular formula is C12H12N4O4. The fraction of sp³-hybridized carbons (Fsp3) is 0.417. The Hall–Kier alpha value is -2.51. The number of nitrogens with zero attached hydrogens (tertiary/aromatic N) is 4. The molecule has 0 spiro atoms. The van der Waals surface area contributed by atoms with Crippen LogP contribution in [0.4, 0.5) is 0 Å². The molecule has 1 atom stereocenters. The van der Waals surface area contributed by atoms with Gasteiger partial charge >= 0.3 is 11.9 Å². The third-order valence-corrected chi connectivity index (χ3v) is 2.94. The monoisotopic (exact) mass is 276 g/mol. The summed E-state index contributed by atoms with van der Waals surface area (Å²) < 4.78 is 11.2. The summed E-state index contributed by atoms with van der Waals surface area (Å²) in [6, 6.07) is 1.82. The second kappa shape index (κ2) is 4.55. The molecule has 0 bridgehead atoms. The largest absolute Gasteiger partial charge is 0.463 e. The van der Waals surface area contributed by atoms with Crippen LogP contribution in [-0.2, 0) is 14.3 Å². The first-order valence-corrected chi connectivity index (χ1v) is 6.13. The van der Waals surface area contributed by atoms with E-state index in [2.05, 4.69) is 15.1 Å². The van der Waals surface area contributed by atoms with Gasteiger partial charge in [-0.3, -0.25) is 0 Å². The first-order chi connectivity index (χ1) is 9.54. The first kappa shape index (κ1) is 12.5. The summed E-state index contributed by atoms with van der Waals surface area (Å²) in [5, 5.41) is 4.04. The highest BCUT2D eigenvalue weighted by molar-refractivity contribution is 5.88. The summed E-state index contributed by atoms with van der Waals surface area (Å²) in [6.45, 7) is 3.92. The van der Waals surface area contributed by atoms with E-state index in [1.54, 1.807) is 0 Å². The van der Waals surface area contributed by atoms with Gasteiger partial charge in [0, 0.05) is 17.8 Å². The van der Waals surface area contributed by atoms with Crippen LogP contribution in [0.5, 0.6) is 0 Å². The number of cyclic esters (lactones) is 1.